The van der Waals surface area contributed by atoms with Crippen molar-refractivity contribution in [2.45, 2.75) is 19.9 Å². The Morgan fingerprint density at radius 2 is 1.86 bits per heavy atom. The third-order valence-corrected chi connectivity index (χ3v) is 4.66. The number of hydrogen-bond donors (Lipinski definition) is 5. The van der Waals surface area contributed by atoms with Crippen molar-refractivity contribution in [1.82, 2.24) is 24.7 Å². The predicted molar refractivity (Wildman–Crippen MR) is 134 cm³/mol. The van der Waals surface area contributed by atoms with E-state index in [1.165, 1.54) is 0 Å². The summed E-state index contributed by atoms with van der Waals surface area (Å²) < 4.78 is 6.76. The fraction of sp³-hybridized carbons (Fsp3) is 0.167. The number of amidine groups is 1. The zero-order valence-electron chi connectivity index (χ0n) is 19.7. The molecule has 1 atom stereocenters. The van der Waals surface area contributed by atoms with Crippen LogP contribution < -0.4 is 21.5 Å². The van der Waals surface area contributed by atoms with Gasteiger partial charge in [-0.2, -0.15) is 0 Å². The van der Waals surface area contributed by atoms with E-state index in [1.54, 1.807) is 30.6 Å². The molecule has 4 rings (SSSR count). The molecule has 2 aromatic carbocycles. The number of carboxylic acid groups (broad SMARTS) is 1. The standard InChI is InChI=1S/C22H22N8O2.C2H4O2/c1-2-32-17-6-3-5-15(13-17)18(27-16-9-7-14(8-10-16)19(23)24)20-28-22(31)30(29-20)21-25-11-4-12-26-21;1-2(3)4/h3-13,18,27H,2H2,1H3,(H3,23,24)(H,28,29,31);1H3,(H,3,4). The maximum absolute atomic E-state index is 12.6. The van der Waals surface area contributed by atoms with Gasteiger partial charge >= 0.3 is 5.69 Å². The van der Waals surface area contributed by atoms with Crippen LogP contribution in [0.25, 0.3) is 5.95 Å². The van der Waals surface area contributed by atoms with Crippen molar-refractivity contribution < 1.29 is 14.6 Å². The van der Waals surface area contributed by atoms with Gasteiger partial charge in [0, 0.05) is 30.6 Å². The van der Waals surface area contributed by atoms with E-state index >= 15 is 0 Å². The van der Waals surface area contributed by atoms with Crippen molar-refractivity contribution in [2.24, 2.45) is 5.73 Å². The SMILES string of the molecule is CC(=O)O.CCOc1cccc(C(Nc2ccc(C(=N)N)cc2)c2nn(-c3ncccn3)c(=O)[nH]2)c1. The van der Waals surface area contributed by atoms with Gasteiger partial charge in [-0.25, -0.2) is 14.8 Å². The lowest BCUT2D eigenvalue weighted by Crippen LogP contribution is -2.18. The second kappa shape index (κ2) is 11.9. The van der Waals surface area contributed by atoms with Crippen LogP contribution in [-0.2, 0) is 4.79 Å². The average molecular weight is 491 g/mol. The average Bonchev–Trinajstić information content (AvgIpc) is 3.24. The molecule has 186 valence electrons. The molecule has 36 heavy (non-hydrogen) atoms. The van der Waals surface area contributed by atoms with E-state index < -0.39 is 17.7 Å². The number of aromatic amines is 1. The van der Waals surface area contributed by atoms with Crippen molar-refractivity contribution in [3.8, 4) is 11.7 Å². The molecule has 0 saturated carbocycles. The summed E-state index contributed by atoms with van der Waals surface area (Å²) in [5.41, 5.74) is 7.31. The van der Waals surface area contributed by atoms with Gasteiger partial charge in [-0.3, -0.25) is 15.2 Å². The van der Waals surface area contributed by atoms with Crippen molar-refractivity contribution in [3.63, 3.8) is 0 Å². The van der Waals surface area contributed by atoms with Gasteiger partial charge in [0.2, 0.25) is 0 Å². The number of aromatic nitrogens is 5. The minimum atomic E-state index is -0.833. The van der Waals surface area contributed by atoms with Crippen LogP contribution in [0.4, 0.5) is 5.69 Å². The highest BCUT2D eigenvalue weighted by Gasteiger charge is 2.21. The van der Waals surface area contributed by atoms with Crippen LogP contribution >= 0.6 is 0 Å². The third kappa shape index (κ3) is 6.76. The molecule has 0 aliphatic carbocycles. The van der Waals surface area contributed by atoms with Crippen molar-refractivity contribution in [1.29, 1.82) is 5.41 Å². The number of nitrogens with zero attached hydrogens (tertiary/aromatic N) is 4. The lowest BCUT2D eigenvalue weighted by atomic mass is 10.0. The van der Waals surface area contributed by atoms with Crippen molar-refractivity contribution >= 4 is 17.5 Å². The topological polar surface area (TPSA) is 185 Å². The number of anilines is 1. The van der Waals surface area contributed by atoms with Crippen LogP contribution in [0.1, 0.15) is 36.8 Å². The summed E-state index contributed by atoms with van der Waals surface area (Å²) in [5.74, 6) is 0.416. The number of nitrogens with two attached hydrogens (primary N) is 1. The largest absolute Gasteiger partial charge is 0.494 e. The number of benzene rings is 2. The summed E-state index contributed by atoms with van der Waals surface area (Å²) in [6.07, 6.45) is 3.09. The molecule has 2 aromatic heterocycles. The number of ether oxygens (including phenoxy) is 1. The fourth-order valence-electron chi connectivity index (χ4n) is 3.18. The Bertz CT molecular complexity index is 1360. The molecular weight excluding hydrogens is 464 g/mol. The Morgan fingerprint density at radius 1 is 1.19 bits per heavy atom. The summed E-state index contributed by atoms with van der Waals surface area (Å²) >= 11 is 0. The van der Waals surface area contributed by atoms with Crippen molar-refractivity contribution in [2.75, 3.05) is 11.9 Å². The highest BCUT2D eigenvalue weighted by molar-refractivity contribution is 5.95. The number of aliphatic carboxylic acids is 1. The molecular formula is C24H26N8O4. The molecule has 1 unspecified atom stereocenters. The lowest BCUT2D eigenvalue weighted by Gasteiger charge is -2.19. The smallest absolute Gasteiger partial charge is 0.350 e. The molecule has 0 saturated heterocycles. The van der Waals surface area contributed by atoms with Crippen LogP contribution in [0.3, 0.4) is 0 Å². The normalized spacial score (nSPS) is 11.1. The maximum Gasteiger partial charge on any atom is 0.350 e. The molecule has 6 N–H and O–H groups in total. The Labute approximate surface area is 206 Å². The van der Waals surface area contributed by atoms with Gasteiger partial charge in [-0.1, -0.05) is 12.1 Å². The zero-order valence-corrected chi connectivity index (χ0v) is 19.7. The Kier molecular flexibility index (Phi) is 8.49. The van der Waals surface area contributed by atoms with E-state index in [9.17, 15) is 4.79 Å². The summed E-state index contributed by atoms with van der Waals surface area (Å²) in [4.78, 5) is 32.6. The maximum atomic E-state index is 12.6. The van der Waals surface area contributed by atoms with Crippen LogP contribution in [0.5, 0.6) is 5.75 Å². The first-order chi connectivity index (χ1) is 17.3. The Balaban J connectivity index is 0.000000840. The van der Waals surface area contributed by atoms with E-state index in [4.69, 9.17) is 25.8 Å². The van der Waals surface area contributed by atoms with Gasteiger partial charge in [-0.15, -0.1) is 9.78 Å². The van der Waals surface area contributed by atoms with E-state index in [0.29, 0.717) is 23.7 Å². The zero-order chi connectivity index (χ0) is 26.1. The molecule has 12 heteroatoms. The first-order valence-electron chi connectivity index (χ1n) is 10.9. The van der Waals surface area contributed by atoms with Crippen molar-refractivity contribution in [3.05, 3.63) is 94.4 Å². The fourth-order valence-corrected chi connectivity index (χ4v) is 3.18. The molecule has 0 spiro atoms. The third-order valence-electron chi connectivity index (χ3n) is 4.66. The number of carbonyl (C=O) groups is 1. The van der Waals surface area contributed by atoms with Gasteiger partial charge in [0.25, 0.3) is 11.9 Å². The van der Waals surface area contributed by atoms with Gasteiger partial charge in [0.1, 0.15) is 17.6 Å². The van der Waals surface area contributed by atoms with E-state index in [-0.39, 0.29) is 11.8 Å². The second-order valence-electron chi connectivity index (χ2n) is 7.37. The van der Waals surface area contributed by atoms with E-state index in [0.717, 1.165) is 22.9 Å². The first kappa shape index (κ1) is 25.6. The van der Waals surface area contributed by atoms with Crippen LogP contribution in [0, 0.1) is 5.41 Å². The highest BCUT2D eigenvalue weighted by Crippen LogP contribution is 2.27. The molecule has 0 amide bonds. The summed E-state index contributed by atoms with van der Waals surface area (Å²) in [6, 6.07) is 15.8. The number of hydrogen-bond acceptors (Lipinski definition) is 8. The van der Waals surface area contributed by atoms with E-state index in [2.05, 4.69) is 25.4 Å². The number of carboxylic acids is 1. The quantitative estimate of drug-likeness (QED) is 0.183. The van der Waals surface area contributed by atoms with Gasteiger partial charge in [0.15, 0.2) is 5.82 Å². The lowest BCUT2D eigenvalue weighted by molar-refractivity contribution is -0.134. The predicted octanol–water partition coefficient (Wildman–Crippen LogP) is 2.33. The van der Waals surface area contributed by atoms with Gasteiger partial charge in [0.05, 0.1) is 6.61 Å². The van der Waals surface area contributed by atoms with E-state index in [1.807, 2.05) is 43.3 Å². The summed E-state index contributed by atoms with van der Waals surface area (Å²) in [7, 11) is 0. The Hall–Kier alpha value is -5.00. The molecule has 4 aromatic rings. The van der Waals surface area contributed by atoms with Crippen LogP contribution in [-0.4, -0.2) is 48.3 Å². The molecule has 0 bridgehead atoms. The molecule has 0 fully saturated rings. The number of H-pyrrole nitrogens is 1. The molecule has 12 nitrogen and oxygen atoms in total. The molecule has 0 aliphatic rings. The number of nitrogen functional groups attached to an aromatic ring is 1. The first-order valence-corrected chi connectivity index (χ1v) is 10.9. The minimum Gasteiger partial charge on any atom is -0.494 e. The highest BCUT2D eigenvalue weighted by atomic mass is 16.5. The van der Waals surface area contributed by atoms with Gasteiger partial charge in [-0.05, 0) is 55.0 Å². The minimum absolute atomic E-state index is 0.0107. The number of nitrogens with one attached hydrogen (secondary N) is 3. The summed E-state index contributed by atoms with van der Waals surface area (Å²) in [5, 5.41) is 22.8. The molecule has 2 heterocycles. The van der Waals surface area contributed by atoms with Crippen LogP contribution in [0.15, 0.2) is 71.8 Å². The molecule has 0 radical (unpaired) electrons. The molecule has 0 aliphatic heterocycles. The monoisotopic (exact) mass is 490 g/mol. The second-order valence-corrected chi connectivity index (χ2v) is 7.37. The Morgan fingerprint density at radius 3 is 2.47 bits per heavy atom. The van der Waals surface area contributed by atoms with Crippen LogP contribution in [0.2, 0.25) is 0 Å². The summed E-state index contributed by atoms with van der Waals surface area (Å²) in [6.45, 7) is 3.53. The number of rotatable bonds is 8. The van der Waals surface area contributed by atoms with Gasteiger partial charge < -0.3 is 20.9 Å².